The van der Waals surface area contributed by atoms with E-state index in [0.29, 0.717) is 18.3 Å². The molecule has 3 rings (SSSR count). The van der Waals surface area contributed by atoms with Crippen molar-refractivity contribution in [1.29, 1.82) is 0 Å². The predicted octanol–water partition coefficient (Wildman–Crippen LogP) is 2.01. The number of nitrogens with two attached hydrogens (primary N) is 1. The lowest BCUT2D eigenvalue weighted by molar-refractivity contribution is 0.0543. The van der Waals surface area contributed by atoms with Crippen molar-refractivity contribution in [2.24, 2.45) is 11.7 Å². The minimum Gasteiger partial charge on any atom is -0.334 e. The SMILES string of the molecule is NCc1nc(C(=O)N2CCCC3CCCC32)cs1. The lowest BCUT2D eigenvalue weighted by Crippen LogP contribution is -2.46. The monoisotopic (exact) mass is 265 g/mol. The zero-order valence-electron chi connectivity index (χ0n) is 10.5. The average Bonchev–Trinajstić information content (AvgIpc) is 3.05. The maximum atomic E-state index is 12.5. The van der Waals surface area contributed by atoms with Crippen LogP contribution in [0.4, 0.5) is 0 Å². The minimum absolute atomic E-state index is 0.113. The van der Waals surface area contributed by atoms with Gasteiger partial charge >= 0.3 is 0 Å². The molecule has 1 aliphatic carbocycles. The van der Waals surface area contributed by atoms with Crippen LogP contribution >= 0.6 is 11.3 Å². The first kappa shape index (κ1) is 12.1. The number of aromatic nitrogens is 1. The van der Waals surface area contributed by atoms with Gasteiger partial charge in [0.2, 0.25) is 0 Å². The Hall–Kier alpha value is -0.940. The molecule has 1 saturated carbocycles. The summed E-state index contributed by atoms with van der Waals surface area (Å²) < 4.78 is 0. The van der Waals surface area contributed by atoms with Crippen molar-refractivity contribution >= 4 is 17.2 Å². The smallest absolute Gasteiger partial charge is 0.273 e. The van der Waals surface area contributed by atoms with Gasteiger partial charge in [-0.05, 0) is 31.6 Å². The highest BCUT2D eigenvalue weighted by molar-refractivity contribution is 7.09. The van der Waals surface area contributed by atoms with Gasteiger partial charge in [-0.25, -0.2) is 4.98 Å². The van der Waals surface area contributed by atoms with Crippen molar-refractivity contribution in [3.63, 3.8) is 0 Å². The van der Waals surface area contributed by atoms with E-state index in [4.69, 9.17) is 5.73 Å². The fourth-order valence-electron chi connectivity index (χ4n) is 3.36. The molecule has 1 aromatic rings. The normalized spacial score (nSPS) is 27.3. The van der Waals surface area contributed by atoms with Gasteiger partial charge < -0.3 is 10.6 Å². The summed E-state index contributed by atoms with van der Waals surface area (Å²) >= 11 is 1.48. The van der Waals surface area contributed by atoms with E-state index in [1.165, 1.54) is 37.0 Å². The van der Waals surface area contributed by atoms with Gasteiger partial charge in [-0.3, -0.25) is 4.79 Å². The fourth-order valence-corrected chi connectivity index (χ4v) is 4.00. The van der Waals surface area contributed by atoms with E-state index < -0.39 is 0 Å². The molecule has 2 aliphatic rings. The van der Waals surface area contributed by atoms with E-state index in [2.05, 4.69) is 9.88 Å². The summed E-state index contributed by atoms with van der Waals surface area (Å²) in [6.45, 7) is 1.32. The highest BCUT2D eigenvalue weighted by Gasteiger charge is 2.38. The predicted molar refractivity (Wildman–Crippen MR) is 71.4 cm³/mol. The number of fused-ring (bicyclic) bond motifs is 1. The second-order valence-corrected chi connectivity index (χ2v) is 6.17. The zero-order valence-corrected chi connectivity index (χ0v) is 11.3. The number of amides is 1. The van der Waals surface area contributed by atoms with Crippen LogP contribution in [0.15, 0.2) is 5.38 Å². The maximum absolute atomic E-state index is 12.5. The molecule has 0 spiro atoms. The Balaban J connectivity index is 1.78. The molecular weight excluding hydrogens is 246 g/mol. The van der Waals surface area contributed by atoms with Gasteiger partial charge in [-0.15, -0.1) is 11.3 Å². The Kier molecular flexibility index (Phi) is 3.35. The lowest BCUT2D eigenvalue weighted by Gasteiger charge is -2.37. The van der Waals surface area contributed by atoms with Crippen molar-refractivity contribution in [1.82, 2.24) is 9.88 Å². The molecule has 2 fully saturated rings. The Labute approximate surface area is 111 Å². The van der Waals surface area contributed by atoms with Crippen molar-refractivity contribution in [2.75, 3.05) is 6.54 Å². The average molecular weight is 265 g/mol. The molecule has 1 aromatic heterocycles. The van der Waals surface area contributed by atoms with Gasteiger partial charge in [0.1, 0.15) is 10.7 Å². The van der Waals surface area contributed by atoms with E-state index in [9.17, 15) is 4.79 Å². The molecule has 0 bridgehead atoms. The molecule has 2 unspecified atom stereocenters. The number of rotatable bonds is 2. The number of piperidine rings is 1. The number of likely N-dealkylation sites (tertiary alicyclic amines) is 1. The van der Waals surface area contributed by atoms with Crippen LogP contribution in [0.5, 0.6) is 0 Å². The van der Waals surface area contributed by atoms with Gasteiger partial charge in [0, 0.05) is 24.5 Å². The van der Waals surface area contributed by atoms with Gasteiger partial charge in [-0.1, -0.05) is 6.42 Å². The van der Waals surface area contributed by atoms with Crippen LogP contribution < -0.4 is 5.73 Å². The highest BCUT2D eigenvalue weighted by Crippen LogP contribution is 2.37. The van der Waals surface area contributed by atoms with Crippen molar-refractivity contribution < 1.29 is 4.79 Å². The van der Waals surface area contributed by atoms with Crippen LogP contribution in [0.3, 0.4) is 0 Å². The Morgan fingerprint density at radius 3 is 3.06 bits per heavy atom. The molecular formula is C13H19N3OS. The van der Waals surface area contributed by atoms with Crippen molar-refractivity contribution in [3.05, 3.63) is 16.1 Å². The summed E-state index contributed by atoms with van der Waals surface area (Å²) in [6.07, 6.45) is 6.16. The lowest BCUT2D eigenvalue weighted by atomic mass is 9.92. The molecule has 2 atom stereocenters. The van der Waals surface area contributed by atoms with E-state index >= 15 is 0 Å². The standard InChI is InChI=1S/C13H19N3OS/c14-7-12-15-10(8-18-12)13(17)16-6-2-4-9-3-1-5-11(9)16/h8-9,11H,1-7,14H2. The molecule has 4 nitrogen and oxygen atoms in total. The van der Waals surface area contributed by atoms with Crippen LogP contribution in [0.25, 0.3) is 0 Å². The Bertz CT molecular complexity index is 445. The van der Waals surface area contributed by atoms with Gasteiger partial charge in [0.15, 0.2) is 0 Å². The quantitative estimate of drug-likeness (QED) is 0.890. The summed E-state index contributed by atoms with van der Waals surface area (Å²) in [4.78, 5) is 18.9. The minimum atomic E-state index is 0.113. The number of nitrogens with zero attached hydrogens (tertiary/aromatic N) is 2. The van der Waals surface area contributed by atoms with Crippen LogP contribution in [0, 0.1) is 5.92 Å². The topological polar surface area (TPSA) is 59.2 Å². The number of carbonyl (C=O) groups excluding carboxylic acids is 1. The molecule has 1 amide bonds. The Morgan fingerprint density at radius 2 is 2.28 bits per heavy atom. The number of thiazole rings is 1. The third-order valence-electron chi connectivity index (χ3n) is 4.20. The Morgan fingerprint density at radius 1 is 1.44 bits per heavy atom. The number of hydrogen-bond acceptors (Lipinski definition) is 4. The number of hydrogen-bond donors (Lipinski definition) is 1. The van der Waals surface area contributed by atoms with E-state index in [1.54, 1.807) is 0 Å². The van der Waals surface area contributed by atoms with Gasteiger partial charge in [-0.2, -0.15) is 0 Å². The molecule has 98 valence electrons. The molecule has 1 saturated heterocycles. The summed E-state index contributed by atoms with van der Waals surface area (Å²) in [7, 11) is 0. The molecule has 0 radical (unpaired) electrons. The highest BCUT2D eigenvalue weighted by atomic mass is 32.1. The van der Waals surface area contributed by atoms with Crippen LogP contribution in [-0.4, -0.2) is 28.4 Å². The van der Waals surface area contributed by atoms with Gasteiger partial charge in [0.25, 0.3) is 5.91 Å². The van der Waals surface area contributed by atoms with E-state index in [1.807, 2.05) is 5.38 Å². The third kappa shape index (κ3) is 2.06. The molecule has 2 N–H and O–H groups in total. The largest absolute Gasteiger partial charge is 0.334 e. The van der Waals surface area contributed by atoms with E-state index in [-0.39, 0.29) is 5.91 Å². The summed E-state index contributed by atoms with van der Waals surface area (Å²) in [5.41, 5.74) is 6.14. The maximum Gasteiger partial charge on any atom is 0.273 e. The van der Waals surface area contributed by atoms with Crippen LogP contribution in [0.1, 0.15) is 47.6 Å². The second kappa shape index (κ2) is 4.97. The zero-order chi connectivity index (χ0) is 12.5. The second-order valence-electron chi connectivity index (χ2n) is 5.23. The number of carbonyl (C=O) groups is 1. The summed E-state index contributed by atoms with van der Waals surface area (Å²) in [5.74, 6) is 0.845. The van der Waals surface area contributed by atoms with Crippen LogP contribution in [-0.2, 0) is 6.54 Å². The van der Waals surface area contributed by atoms with Gasteiger partial charge in [0.05, 0.1) is 0 Å². The van der Waals surface area contributed by atoms with E-state index in [0.717, 1.165) is 23.9 Å². The van der Waals surface area contributed by atoms with Crippen molar-refractivity contribution in [3.8, 4) is 0 Å². The molecule has 2 heterocycles. The molecule has 0 aromatic carbocycles. The first-order chi connectivity index (χ1) is 8.79. The third-order valence-corrected chi connectivity index (χ3v) is 5.07. The molecule has 5 heteroatoms. The fraction of sp³-hybridized carbons (Fsp3) is 0.692. The molecule has 1 aliphatic heterocycles. The first-order valence-corrected chi connectivity index (χ1v) is 7.63. The summed E-state index contributed by atoms with van der Waals surface area (Å²) in [5, 5.41) is 2.70. The van der Waals surface area contributed by atoms with Crippen molar-refractivity contribution in [2.45, 2.75) is 44.7 Å². The molecule has 18 heavy (non-hydrogen) atoms. The summed E-state index contributed by atoms with van der Waals surface area (Å²) in [6, 6.07) is 0.467. The first-order valence-electron chi connectivity index (χ1n) is 6.75. The van der Waals surface area contributed by atoms with Crippen LogP contribution in [0.2, 0.25) is 0 Å².